The van der Waals surface area contributed by atoms with Crippen LogP contribution in [-0.4, -0.2) is 11.5 Å². The van der Waals surface area contributed by atoms with Gasteiger partial charge in [-0.15, -0.1) is 11.3 Å². The first-order chi connectivity index (χ1) is 7.43. The number of rotatable bonds is 1. The van der Waals surface area contributed by atoms with Gasteiger partial charge in [-0.25, -0.2) is 4.98 Å². The molecule has 0 bridgehead atoms. The Labute approximate surface area is 93.0 Å². The van der Waals surface area contributed by atoms with Gasteiger partial charge in [0.05, 0.1) is 0 Å². The third-order valence-corrected chi connectivity index (χ3v) is 3.59. The second-order valence-electron chi connectivity index (χ2n) is 3.75. The highest BCUT2D eigenvalue weighted by atomic mass is 32.1. The van der Waals surface area contributed by atoms with Crippen molar-refractivity contribution in [1.29, 1.82) is 0 Å². The summed E-state index contributed by atoms with van der Waals surface area (Å²) in [6.07, 6.45) is 3.00. The Morgan fingerprint density at radius 2 is 2.27 bits per heavy atom. The highest BCUT2D eigenvalue weighted by Crippen LogP contribution is 2.25. The fourth-order valence-corrected chi connectivity index (χ4v) is 2.61. The number of benzene rings is 1. The highest BCUT2D eigenvalue weighted by Gasteiger charge is 2.10. The van der Waals surface area contributed by atoms with Gasteiger partial charge in [-0.05, 0) is 30.2 Å². The molecule has 0 spiro atoms. The van der Waals surface area contributed by atoms with E-state index in [1.54, 1.807) is 11.3 Å². The Hall–Kier alpha value is -1.19. The van der Waals surface area contributed by atoms with Crippen LogP contribution in [0.3, 0.4) is 0 Å². The van der Waals surface area contributed by atoms with Crippen LogP contribution in [0.25, 0.3) is 10.6 Å². The smallest absolute Gasteiger partial charge is 0.123 e. The topological polar surface area (TPSA) is 24.9 Å². The molecule has 15 heavy (non-hydrogen) atoms. The number of hydrogen-bond acceptors (Lipinski definition) is 3. The summed E-state index contributed by atoms with van der Waals surface area (Å²) >= 11 is 1.70. The fourth-order valence-electron chi connectivity index (χ4n) is 1.98. The molecule has 76 valence electrons. The molecule has 1 aromatic heterocycles. The Kier molecular flexibility index (Phi) is 2.27. The summed E-state index contributed by atoms with van der Waals surface area (Å²) in [5.74, 6) is 0. The van der Waals surface area contributed by atoms with Gasteiger partial charge in [0.15, 0.2) is 0 Å². The summed E-state index contributed by atoms with van der Waals surface area (Å²) in [4.78, 5) is 4.34. The molecule has 2 aromatic rings. The van der Waals surface area contributed by atoms with E-state index in [9.17, 15) is 0 Å². The van der Waals surface area contributed by atoms with E-state index in [0.29, 0.717) is 0 Å². The highest BCUT2D eigenvalue weighted by molar-refractivity contribution is 7.13. The summed E-state index contributed by atoms with van der Waals surface area (Å²) in [7, 11) is 0. The molecule has 0 unspecified atom stereocenters. The van der Waals surface area contributed by atoms with Crippen molar-refractivity contribution in [2.24, 2.45) is 0 Å². The standard InChI is InChI=1S/C12H12N2S/c1-2-11-8-13-4-3-9(11)7-10(1)12-14-5-6-15-12/h1-2,5-7,13H,3-4,8H2. The summed E-state index contributed by atoms with van der Waals surface area (Å²) in [6.45, 7) is 2.10. The zero-order valence-electron chi connectivity index (χ0n) is 8.36. The van der Waals surface area contributed by atoms with Gasteiger partial charge in [0, 0.05) is 23.7 Å². The molecule has 0 fully saturated rings. The zero-order chi connectivity index (χ0) is 10.1. The minimum absolute atomic E-state index is 1.01. The lowest BCUT2D eigenvalue weighted by atomic mass is 9.99. The monoisotopic (exact) mass is 216 g/mol. The summed E-state index contributed by atoms with van der Waals surface area (Å²) < 4.78 is 0. The van der Waals surface area contributed by atoms with E-state index < -0.39 is 0 Å². The third-order valence-electron chi connectivity index (χ3n) is 2.77. The minimum Gasteiger partial charge on any atom is -0.312 e. The van der Waals surface area contributed by atoms with Crippen molar-refractivity contribution >= 4 is 11.3 Å². The maximum absolute atomic E-state index is 4.34. The molecule has 2 nitrogen and oxygen atoms in total. The van der Waals surface area contributed by atoms with Crippen LogP contribution >= 0.6 is 11.3 Å². The van der Waals surface area contributed by atoms with Crippen LogP contribution < -0.4 is 5.32 Å². The molecule has 1 aromatic carbocycles. The molecule has 1 N–H and O–H groups in total. The zero-order valence-corrected chi connectivity index (χ0v) is 9.18. The van der Waals surface area contributed by atoms with Gasteiger partial charge in [-0.3, -0.25) is 0 Å². The van der Waals surface area contributed by atoms with E-state index in [1.165, 1.54) is 16.7 Å². The van der Waals surface area contributed by atoms with Crippen molar-refractivity contribution in [3.05, 3.63) is 40.9 Å². The summed E-state index contributed by atoms with van der Waals surface area (Å²) in [5.41, 5.74) is 4.16. The average Bonchev–Trinajstić information content (AvgIpc) is 2.82. The second-order valence-corrected chi connectivity index (χ2v) is 4.64. The molecule has 1 aliphatic heterocycles. The quantitative estimate of drug-likeness (QED) is 0.792. The number of hydrogen-bond donors (Lipinski definition) is 1. The maximum atomic E-state index is 4.34. The molecule has 0 saturated heterocycles. The van der Waals surface area contributed by atoms with Crippen LogP contribution in [0, 0.1) is 0 Å². The van der Waals surface area contributed by atoms with Crippen LogP contribution in [-0.2, 0) is 13.0 Å². The largest absolute Gasteiger partial charge is 0.312 e. The number of nitrogens with one attached hydrogen (secondary N) is 1. The molecule has 2 heterocycles. The first-order valence-electron chi connectivity index (χ1n) is 5.16. The Morgan fingerprint density at radius 3 is 3.13 bits per heavy atom. The molecule has 0 amide bonds. The van der Waals surface area contributed by atoms with Gasteiger partial charge in [0.25, 0.3) is 0 Å². The molecule has 0 radical (unpaired) electrons. The lowest BCUT2D eigenvalue weighted by molar-refractivity contribution is 0.644. The molecular weight excluding hydrogens is 204 g/mol. The average molecular weight is 216 g/mol. The van der Waals surface area contributed by atoms with E-state index in [1.807, 2.05) is 11.6 Å². The Morgan fingerprint density at radius 1 is 1.27 bits per heavy atom. The molecule has 0 atom stereocenters. The van der Waals surface area contributed by atoms with E-state index >= 15 is 0 Å². The van der Waals surface area contributed by atoms with Crippen LogP contribution in [0.4, 0.5) is 0 Å². The Balaban J connectivity index is 2.04. The van der Waals surface area contributed by atoms with Gasteiger partial charge in [-0.1, -0.05) is 12.1 Å². The normalized spacial score (nSPS) is 14.9. The number of fused-ring (bicyclic) bond motifs is 1. The van der Waals surface area contributed by atoms with Crippen molar-refractivity contribution in [3.8, 4) is 10.6 Å². The van der Waals surface area contributed by atoms with Gasteiger partial charge in [-0.2, -0.15) is 0 Å². The van der Waals surface area contributed by atoms with E-state index in [2.05, 4.69) is 28.5 Å². The molecular formula is C12H12N2S. The van der Waals surface area contributed by atoms with Crippen LogP contribution in [0.2, 0.25) is 0 Å². The van der Waals surface area contributed by atoms with E-state index in [4.69, 9.17) is 0 Å². The number of thiazole rings is 1. The molecule has 3 heteroatoms. The molecule has 1 aliphatic rings. The number of aromatic nitrogens is 1. The van der Waals surface area contributed by atoms with Crippen molar-refractivity contribution < 1.29 is 0 Å². The van der Waals surface area contributed by atoms with Crippen molar-refractivity contribution in [3.63, 3.8) is 0 Å². The van der Waals surface area contributed by atoms with Crippen molar-refractivity contribution in [1.82, 2.24) is 10.3 Å². The Bertz CT molecular complexity index is 462. The van der Waals surface area contributed by atoms with Crippen LogP contribution in [0.15, 0.2) is 29.8 Å². The van der Waals surface area contributed by atoms with E-state index in [0.717, 1.165) is 24.5 Å². The summed E-state index contributed by atoms with van der Waals surface area (Å²) in [6, 6.07) is 6.68. The molecule has 3 rings (SSSR count). The lowest BCUT2D eigenvalue weighted by Gasteiger charge is -2.17. The van der Waals surface area contributed by atoms with Crippen LogP contribution in [0.1, 0.15) is 11.1 Å². The van der Waals surface area contributed by atoms with Gasteiger partial charge in [0.1, 0.15) is 5.01 Å². The van der Waals surface area contributed by atoms with Gasteiger partial charge < -0.3 is 5.32 Å². The minimum atomic E-state index is 1.01. The van der Waals surface area contributed by atoms with Crippen molar-refractivity contribution in [2.75, 3.05) is 6.54 Å². The third kappa shape index (κ3) is 1.68. The molecule has 0 saturated carbocycles. The SMILES string of the molecule is c1csc(-c2ccc3c(c2)CCNC3)n1. The van der Waals surface area contributed by atoms with Crippen LogP contribution in [0.5, 0.6) is 0 Å². The first-order valence-corrected chi connectivity index (χ1v) is 6.04. The lowest BCUT2D eigenvalue weighted by Crippen LogP contribution is -2.23. The van der Waals surface area contributed by atoms with Gasteiger partial charge >= 0.3 is 0 Å². The summed E-state index contributed by atoms with van der Waals surface area (Å²) in [5, 5.41) is 6.53. The molecule has 0 aliphatic carbocycles. The van der Waals surface area contributed by atoms with E-state index in [-0.39, 0.29) is 0 Å². The van der Waals surface area contributed by atoms with Gasteiger partial charge in [0.2, 0.25) is 0 Å². The second kappa shape index (κ2) is 3.76. The first kappa shape index (κ1) is 9.07. The predicted octanol–water partition coefficient (Wildman–Crippen LogP) is 2.46. The fraction of sp³-hybridized carbons (Fsp3) is 0.250. The maximum Gasteiger partial charge on any atom is 0.123 e. The van der Waals surface area contributed by atoms with Crippen molar-refractivity contribution in [2.45, 2.75) is 13.0 Å². The predicted molar refractivity (Wildman–Crippen MR) is 63.0 cm³/mol. The number of nitrogens with zero attached hydrogens (tertiary/aromatic N) is 1.